The molecule has 2 heterocycles. The van der Waals surface area contributed by atoms with Crippen molar-refractivity contribution in [2.75, 3.05) is 19.2 Å². The van der Waals surface area contributed by atoms with Gasteiger partial charge in [-0.15, -0.1) is 0 Å². The molecule has 1 aliphatic heterocycles. The molecule has 0 fully saturated rings. The largest absolute Gasteiger partial charge is 0.481 e. The first-order valence-electron chi connectivity index (χ1n) is 6.29. The van der Waals surface area contributed by atoms with Crippen LogP contribution in [0, 0.1) is 0 Å². The van der Waals surface area contributed by atoms with Crippen LogP contribution in [0.2, 0.25) is 0 Å². The van der Waals surface area contributed by atoms with Gasteiger partial charge in [0.15, 0.2) is 11.5 Å². The smallest absolute Gasteiger partial charge is 0.231 e. The quantitative estimate of drug-likeness (QED) is 0.922. The molecule has 0 amide bonds. The van der Waals surface area contributed by atoms with E-state index in [1.54, 1.807) is 19.4 Å². The molecular formula is C14H15N3O3. The number of methoxy groups -OCH3 is 1. The predicted molar refractivity (Wildman–Crippen MR) is 73.2 cm³/mol. The number of rotatable bonds is 4. The van der Waals surface area contributed by atoms with Crippen molar-refractivity contribution < 1.29 is 14.2 Å². The predicted octanol–water partition coefficient (Wildman–Crippen LogP) is 2.39. The van der Waals surface area contributed by atoms with E-state index in [2.05, 4.69) is 15.3 Å². The van der Waals surface area contributed by atoms with Crippen molar-refractivity contribution in [1.29, 1.82) is 0 Å². The van der Waals surface area contributed by atoms with Crippen molar-refractivity contribution in [1.82, 2.24) is 9.97 Å². The zero-order valence-electron chi connectivity index (χ0n) is 11.3. The molecule has 0 saturated carbocycles. The summed E-state index contributed by atoms with van der Waals surface area (Å²) < 4.78 is 15.7. The Balaban J connectivity index is 1.77. The molecule has 1 aromatic carbocycles. The number of aromatic nitrogens is 2. The van der Waals surface area contributed by atoms with Crippen LogP contribution in [-0.4, -0.2) is 23.9 Å². The highest BCUT2D eigenvalue weighted by molar-refractivity contribution is 5.46. The first kappa shape index (κ1) is 12.5. The number of hydrogen-bond donors (Lipinski definition) is 1. The summed E-state index contributed by atoms with van der Waals surface area (Å²) in [5.74, 6) is 2.59. The van der Waals surface area contributed by atoms with E-state index in [0.717, 1.165) is 17.1 Å². The number of hydrogen-bond acceptors (Lipinski definition) is 6. The van der Waals surface area contributed by atoms with Gasteiger partial charge in [0, 0.05) is 12.3 Å². The van der Waals surface area contributed by atoms with Gasteiger partial charge >= 0.3 is 0 Å². The van der Waals surface area contributed by atoms with E-state index in [4.69, 9.17) is 14.2 Å². The summed E-state index contributed by atoms with van der Waals surface area (Å²) in [5.41, 5.74) is 1.07. The molecular weight excluding hydrogens is 258 g/mol. The van der Waals surface area contributed by atoms with Gasteiger partial charge in [-0.25, -0.2) is 4.98 Å². The van der Waals surface area contributed by atoms with Crippen LogP contribution in [-0.2, 0) is 0 Å². The SMILES string of the molecule is COc1ccnc(N[C@@H](C)c2ccc3c(c2)OCO3)n1. The van der Waals surface area contributed by atoms with Crippen LogP contribution in [0.15, 0.2) is 30.5 Å². The maximum absolute atomic E-state index is 5.37. The normalized spacial score (nSPS) is 13.9. The van der Waals surface area contributed by atoms with Gasteiger partial charge in [0.05, 0.1) is 13.2 Å². The minimum Gasteiger partial charge on any atom is -0.481 e. The minimum atomic E-state index is 0.0385. The molecule has 0 saturated heterocycles. The Kier molecular flexibility index (Phi) is 3.28. The fourth-order valence-corrected chi connectivity index (χ4v) is 1.98. The van der Waals surface area contributed by atoms with E-state index in [9.17, 15) is 0 Å². The van der Waals surface area contributed by atoms with Gasteiger partial charge in [-0.3, -0.25) is 0 Å². The topological polar surface area (TPSA) is 65.5 Å². The molecule has 3 rings (SSSR count). The highest BCUT2D eigenvalue weighted by Crippen LogP contribution is 2.34. The zero-order valence-corrected chi connectivity index (χ0v) is 11.3. The van der Waals surface area contributed by atoms with Gasteiger partial charge < -0.3 is 19.5 Å². The van der Waals surface area contributed by atoms with Crippen molar-refractivity contribution >= 4 is 5.95 Å². The Hall–Kier alpha value is -2.50. The molecule has 2 aromatic rings. The molecule has 1 aromatic heterocycles. The van der Waals surface area contributed by atoms with Crippen molar-refractivity contribution in [3.8, 4) is 17.4 Å². The first-order valence-corrected chi connectivity index (χ1v) is 6.29. The molecule has 0 aliphatic carbocycles. The fourth-order valence-electron chi connectivity index (χ4n) is 1.98. The number of nitrogens with one attached hydrogen (secondary N) is 1. The van der Waals surface area contributed by atoms with Crippen molar-refractivity contribution in [2.24, 2.45) is 0 Å². The van der Waals surface area contributed by atoms with Gasteiger partial charge in [-0.05, 0) is 24.6 Å². The molecule has 0 radical (unpaired) electrons. The lowest BCUT2D eigenvalue weighted by Crippen LogP contribution is -2.09. The third kappa shape index (κ3) is 2.45. The molecule has 1 atom stereocenters. The van der Waals surface area contributed by atoms with E-state index in [1.807, 2.05) is 25.1 Å². The Labute approximate surface area is 116 Å². The van der Waals surface area contributed by atoms with Crippen molar-refractivity contribution in [3.63, 3.8) is 0 Å². The lowest BCUT2D eigenvalue weighted by molar-refractivity contribution is 0.174. The highest BCUT2D eigenvalue weighted by Gasteiger charge is 2.16. The molecule has 20 heavy (non-hydrogen) atoms. The second-order valence-electron chi connectivity index (χ2n) is 4.40. The van der Waals surface area contributed by atoms with E-state index in [0.29, 0.717) is 11.8 Å². The number of ether oxygens (including phenoxy) is 3. The Bertz CT molecular complexity index is 618. The second kappa shape index (κ2) is 5.24. The van der Waals surface area contributed by atoms with Crippen LogP contribution < -0.4 is 19.5 Å². The van der Waals surface area contributed by atoms with E-state index >= 15 is 0 Å². The maximum Gasteiger partial charge on any atom is 0.231 e. The second-order valence-corrected chi connectivity index (χ2v) is 4.40. The molecule has 1 aliphatic rings. The van der Waals surface area contributed by atoms with Crippen LogP contribution in [0.4, 0.5) is 5.95 Å². The molecule has 104 valence electrons. The van der Waals surface area contributed by atoms with E-state index in [-0.39, 0.29) is 12.8 Å². The summed E-state index contributed by atoms with van der Waals surface area (Å²) in [6.07, 6.45) is 1.65. The lowest BCUT2D eigenvalue weighted by atomic mass is 10.1. The molecule has 0 spiro atoms. The average molecular weight is 273 g/mol. The standard InChI is InChI=1S/C14H15N3O3/c1-9(16-14-15-6-5-13(17-14)18-2)10-3-4-11-12(7-10)20-8-19-11/h3-7,9H,8H2,1-2H3,(H,15,16,17)/t9-/m0/s1. The van der Waals surface area contributed by atoms with Crippen LogP contribution in [0.1, 0.15) is 18.5 Å². The summed E-state index contributed by atoms with van der Waals surface area (Å²) >= 11 is 0. The number of fused-ring (bicyclic) bond motifs is 1. The lowest BCUT2D eigenvalue weighted by Gasteiger charge is -2.14. The van der Waals surface area contributed by atoms with Crippen LogP contribution in [0.5, 0.6) is 17.4 Å². The highest BCUT2D eigenvalue weighted by atomic mass is 16.7. The van der Waals surface area contributed by atoms with Gasteiger partial charge in [0.2, 0.25) is 18.6 Å². The van der Waals surface area contributed by atoms with Gasteiger partial charge in [0.25, 0.3) is 0 Å². The first-order chi connectivity index (χ1) is 9.76. The summed E-state index contributed by atoms with van der Waals surface area (Å²) in [5, 5.41) is 3.23. The van der Waals surface area contributed by atoms with Crippen LogP contribution in [0.25, 0.3) is 0 Å². The summed E-state index contributed by atoms with van der Waals surface area (Å²) in [6.45, 7) is 2.31. The number of anilines is 1. The van der Waals surface area contributed by atoms with Crippen molar-refractivity contribution in [2.45, 2.75) is 13.0 Å². The Morgan fingerprint density at radius 2 is 2.10 bits per heavy atom. The van der Waals surface area contributed by atoms with Crippen LogP contribution >= 0.6 is 0 Å². The maximum atomic E-state index is 5.37. The summed E-state index contributed by atoms with van der Waals surface area (Å²) in [7, 11) is 1.58. The van der Waals surface area contributed by atoms with E-state index in [1.165, 1.54) is 0 Å². The molecule has 0 bridgehead atoms. The molecule has 6 heteroatoms. The monoisotopic (exact) mass is 273 g/mol. The van der Waals surface area contributed by atoms with Crippen molar-refractivity contribution in [3.05, 3.63) is 36.0 Å². The molecule has 0 unspecified atom stereocenters. The third-order valence-corrected chi connectivity index (χ3v) is 3.08. The average Bonchev–Trinajstić information content (AvgIpc) is 2.94. The number of nitrogens with zero attached hydrogens (tertiary/aromatic N) is 2. The molecule has 1 N–H and O–H groups in total. The minimum absolute atomic E-state index is 0.0385. The van der Waals surface area contributed by atoms with E-state index < -0.39 is 0 Å². The Morgan fingerprint density at radius 3 is 2.95 bits per heavy atom. The Morgan fingerprint density at radius 1 is 1.25 bits per heavy atom. The third-order valence-electron chi connectivity index (χ3n) is 3.08. The van der Waals surface area contributed by atoms with Crippen LogP contribution in [0.3, 0.4) is 0 Å². The fraction of sp³-hybridized carbons (Fsp3) is 0.286. The molecule has 6 nitrogen and oxygen atoms in total. The summed E-state index contributed by atoms with van der Waals surface area (Å²) in [6, 6.07) is 7.60. The summed E-state index contributed by atoms with van der Waals surface area (Å²) in [4.78, 5) is 8.40. The zero-order chi connectivity index (χ0) is 13.9. The van der Waals surface area contributed by atoms with Gasteiger partial charge in [-0.1, -0.05) is 6.07 Å². The number of benzene rings is 1. The van der Waals surface area contributed by atoms with Gasteiger partial charge in [-0.2, -0.15) is 4.98 Å². The van der Waals surface area contributed by atoms with Gasteiger partial charge in [0.1, 0.15) is 0 Å².